The van der Waals surface area contributed by atoms with E-state index in [4.69, 9.17) is 5.11 Å². The number of aromatic carboxylic acids is 1. The molecule has 0 radical (unpaired) electrons. The van der Waals surface area contributed by atoms with Crippen molar-refractivity contribution in [1.82, 2.24) is 9.78 Å². The summed E-state index contributed by atoms with van der Waals surface area (Å²) < 4.78 is 1.30. The molecule has 0 fully saturated rings. The monoisotopic (exact) mass is 200 g/mol. The zero-order chi connectivity index (χ0) is 10.0. The summed E-state index contributed by atoms with van der Waals surface area (Å²) in [6.07, 6.45) is 0. The van der Waals surface area contributed by atoms with E-state index in [1.807, 2.05) is 0 Å². The normalized spacial score (nSPS) is 10.0. The third-order valence-corrected chi connectivity index (χ3v) is 1.75. The van der Waals surface area contributed by atoms with Crippen LogP contribution in [0.2, 0.25) is 0 Å². The molecule has 0 spiro atoms. The number of thiol groups is 1. The lowest BCUT2D eigenvalue weighted by molar-refractivity contribution is 0.0689. The van der Waals surface area contributed by atoms with Crippen molar-refractivity contribution < 1.29 is 14.7 Å². The van der Waals surface area contributed by atoms with Crippen LogP contribution in [0.4, 0.5) is 0 Å². The van der Waals surface area contributed by atoms with Crippen LogP contribution in [0.1, 0.15) is 27.9 Å². The second-order valence-corrected chi connectivity index (χ2v) is 2.75. The van der Waals surface area contributed by atoms with Crippen LogP contribution in [0.3, 0.4) is 0 Å². The van der Waals surface area contributed by atoms with Gasteiger partial charge in [-0.05, 0) is 6.92 Å². The highest BCUT2D eigenvalue weighted by atomic mass is 32.1. The molecule has 0 bridgehead atoms. The Morgan fingerprint density at radius 2 is 2.31 bits per heavy atom. The summed E-state index contributed by atoms with van der Waals surface area (Å²) in [6.45, 7) is 2.20. The van der Waals surface area contributed by atoms with Gasteiger partial charge in [0.25, 0.3) is 0 Å². The van der Waals surface area contributed by atoms with Gasteiger partial charge in [0, 0.05) is 12.6 Å². The largest absolute Gasteiger partial charge is 0.476 e. The number of carbonyl (C=O) groups is 2. The van der Waals surface area contributed by atoms with Gasteiger partial charge in [0.15, 0.2) is 5.69 Å². The van der Waals surface area contributed by atoms with E-state index in [9.17, 15) is 9.59 Å². The molecule has 0 aliphatic rings. The molecule has 0 aliphatic heterocycles. The number of rotatable bonds is 3. The maximum atomic E-state index is 10.9. The first-order chi connectivity index (χ1) is 6.06. The van der Waals surface area contributed by atoms with E-state index in [1.54, 1.807) is 6.92 Å². The molecule has 0 unspecified atom stereocenters. The molecule has 0 saturated carbocycles. The zero-order valence-electron chi connectivity index (χ0n) is 6.89. The molecule has 6 heteroatoms. The third kappa shape index (κ3) is 1.89. The summed E-state index contributed by atoms with van der Waals surface area (Å²) in [5.74, 6) is -1.15. The van der Waals surface area contributed by atoms with Crippen LogP contribution in [-0.4, -0.2) is 26.0 Å². The Morgan fingerprint density at radius 3 is 2.62 bits per heavy atom. The van der Waals surface area contributed by atoms with Crippen molar-refractivity contribution in [2.45, 2.75) is 13.5 Å². The number of hydrogen-bond donors (Lipinski definition) is 2. The van der Waals surface area contributed by atoms with Crippen molar-refractivity contribution in [3.8, 4) is 0 Å². The summed E-state index contributed by atoms with van der Waals surface area (Å²) in [5, 5.41) is 11.8. The number of aryl methyl sites for hydroxylation is 1. The number of hydrogen-bond acceptors (Lipinski definition) is 3. The second-order valence-electron chi connectivity index (χ2n) is 2.34. The Hall–Kier alpha value is -1.30. The van der Waals surface area contributed by atoms with Crippen molar-refractivity contribution in [3.05, 3.63) is 17.5 Å². The Bertz CT molecular complexity index is 359. The maximum absolute atomic E-state index is 10.9. The summed E-state index contributed by atoms with van der Waals surface area (Å²) in [5.41, 5.74) is 0.0579. The first-order valence-corrected chi connectivity index (χ1v) is 4.05. The van der Waals surface area contributed by atoms with Gasteiger partial charge in [-0.2, -0.15) is 5.10 Å². The molecular formula is C7H8N2O3S. The topological polar surface area (TPSA) is 72.2 Å². The third-order valence-electron chi connectivity index (χ3n) is 1.52. The highest BCUT2D eigenvalue weighted by Gasteiger charge is 2.15. The molecule has 1 rings (SSSR count). The molecule has 70 valence electrons. The summed E-state index contributed by atoms with van der Waals surface area (Å²) in [4.78, 5) is 21.4. The molecule has 13 heavy (non-hydrogen) atoms. The predicted molar refractivity (Wildman–Crippen MR) is 48.2 cm³/mol. The number of aromatic nitrogens is 2. The van der Waals surface area contributed by atoms with E-state index in [-0.39, 0.29) is 11.4 Å². The van der Waals surface area contributed by atoms with Gasteiger partial charge in [0.05, 0.1) is 0 Å². The van der Waals surface area contributed by atoms with Crippen molar-refractivity contribution in [1.29, 1.82) is 0 Å². The second kappa shape index (κ2) is 3.61. The van der Waals surface area contributed by atoms with E-state index in [0.29, 0.717) is 6.54 Å². The number of nitrogens with zero attached hydrogens (tertiary/aromatic N) is 2. The van der Waals surface area contributed by atoms with Crippen LogP contribution in [0.5, 0.6) is 0 Å². The van der Waals surface area contributed by atoms with Crippen LogP contribution in [0.15, 0.2) is 6.07 Å². The molecule has 1 heterocycles. The molecular weight excluding hydrogens is 192 g/mol. The molecule has 1 aromatic heterocycles. The van der Waals surface area contributed by atoms with Crippen molar-refractivity contribution >= 4 is 23.7 Å². The Balaban J connectivity index is 3.19. The van der Waals surface area contributed by atoms with Gasteiger partial charge < -0.3 is 5.11 Å². The number of carboxylic acids is 1. The lowest BCUT2D eigenvalue weighted by Crippen LogP contribution is -2.05. The summed E-state index contributed by atoms with van der Waals surface area (Å²) in [6, 6.07) is 1.21. The zero-order valence-corrected chi connectivity index (χ0v) is 7.78. The van der Waals surface area contributed by atoms with Crippen LogP contribution in [-0.2, 0) is 6.54 Å². The first-order valence-electron chi connectivity index (χ1n) is 3.60. The van der Waals surface area contributed by atoms with E-state index < -0.39 is 11.1 Å². The molecule has 0 aliphatic carbocycles. The average Bonchev–Trinajstić information content (AvgIpc) is 2.47. The Labute approximate surface area is 79.8 Å². The quantitative estimate of drug-likeness (QED) is 0.703. The SMILES string of the molecule is CCn1nc(C(=O)O)cc1C(=O)S. The van der Waals surface area contributed by atoms with Gasteiger partial charge in [-0.15, -0.1) is 0 Å². The number of carbonyl (C=O) groups excluding carboxylic acids is 1. The van der Waals surface area contributed by atoms with Gasteiger partial charge in [-0.1, -0.05) is 12.6 Å². The van der Waals surface area contributed by atoms with Crippen LogP contribution >= 0.6 is 12.6 Å². The van der Waals surface area contributed by atoms with Crippen LogP contribution in [0.25, 0.3) is 0 Å². The van der Waals surface area contributed by atoms with Gasteiger partial charge in [0.2, 0.25) is 5.12 Å². The molecule has 1 N–H and O–H groups in total. The standard InChI is InChI=1S/C7H8N2O3S/c1-2-9-5(7(12)13)3-4(8-9)6(10)11/h3H,2H2,1H3,(H,10,11)(H,12,13). The van der Waals surface area contributed by atoms with Gasteiger partial charge in [0.1, 0.15) is 5.69 Å². The molecule has 1 aromatic rings. The lowest BCUT2D eigenvalue weighted by Gasteiger charge is -1.97. The van der Waals surface area contributed by atoms with E-state index >= 15 is 0 Å². The van der Waals surface area contributed by atoms with Crippen molar-refractivity contribution in [3.63, 3.8) is 0 Å². The molecule has 0 aromatic carbocycles. The average molecular weight is 200 g/mol. The van der Waals surface area contributed by atoms with Gasteiger partial charge >= 0.3 is 5.97 Å². The summed E-state index contributed by atoms with van der Waals surface area (Å²) >= 11 is 3.60. The highest BCUT2D eigenvalue weighted by Crippen LogP contribution is 2.07. The van der Waals surface area contributed by atoms with E-state index in [1.165, 1.54) is 10.7 Å². The van der Waals surface area contributed by atoms with Gasteiger partial charge in [-0.3, -0.25) is 9.48 Å². The smallest absolute Gasteiger partial charge is 0.356 e. The minimum Gasteiger partial charge on any atom is -0.476 e. The number of carboxylic acid groups (broad SMARTS) is 1. The fraction of sp³-hybridized carbons (Fsp3) is 0.286. The van der Waals surface area contributed by atoms with E-state index in [2.05, 4.69) is 17.7 Å². The minimum atomic E-state index is -1.15. The Morgan fingerprint density at radius 1 is 1.69 bits per heavy atom. The first kappa shape index (κ1) is 9.79. The van der Waals surface area contributed by atoms with Crippen molar-refractivity contribution in [2.75, 3.05) is 0 Å². The maximum Gasteiger partial charge on any atom is 0.356 e. The molecule has 0 atom stereocenters. The molecule has 5 nitrogen and oxygen atoms in total. The van der Waals surface area contributed by atoms with Crippen molar-refractivity contribution in [2.24, 2.45) is 0 Å². The minimum absolute atomic E-state index is 0.140. The predicted octanol–water partition coefficient (Wildman–Crippen LogP) is 0.671. The molecule has 0 amide bonds. The fourth-order valence-electron chi connectivity index (χ4n) is 0.935. The van der Waals surface area contributed by atoms with Crippen LogP contribution < -0.4 is 0 Å². The summed E-state index contributed by atoms with van der Waals surface area (Å²) in [7, 11) is 0. The van der Waals surface area contributed by atoms with E-state index in [0.717, 1.165) is 0 Å². The Kier molecular flexibility index (Phi) is 2.72. The lowest BCUT2D eigenvalue weighted by atomic mass is 10.4. The highest BCUT2D eigenvalue weighted by molar-refractivity contribution is 7.97. The molecule has 0 saturated heterocycles. The fourth-order valence-corrected chi connectivity index (χ4v) is 1.11. The van der Waals surface area contributed by atoms with Crippen LogP contribution in [0, 0.1) is 0 Å². The van der Waals surface area contributed by atoms with Gasteiger partial charge in [-0.25, -0.2) is 4.79 Å².